The SMILES string of the molecule is c1ccc(-c2cccc(-c3cccc(-c4nc(-c5ccccc5)nc(-n5c6ccccc6c6c5ccc5c7ccccc7n(-c7ccc(-c8ccccc8)cc7-c7ccccc7)c56)n4)c3)c2)cc1. The molecule has 0 bridgehead atoms. The average Bonchev–Trinajstić information content (AvgIpc) is 3.95. The molecule has 0 atom stereocenters. The van der Waals surface area contributed by atoms with Crippen LogP contribution < -0.4 is 0 Å². The van der Waals surface area contributed by atoms with Crippen molar-refractivity contribution in [2.75, 3.05) is 0 Å². The normalized spacial score (nSPS) is 11.5. The van der Waals surface area contributed by atoms with Crippen molar-refractivity contribution in [3.05, 3.63) is 249 Å². The Hall–Kier alpha value is -9.19. The molecule has 318 valence electrons. The lowest BCUT2D eigenvalue weighted by molar-refractivity contribution is 0.953. The van der Waals surface area contributed by atoms with Crippen LogP contribution in [-0.2, 0) is 0 Å². The minimum Gasteiger partial charge on any atom is -0.308 e. The highest BCUT2D eigenvalue weighted by Crippen LogP contribution is 2.44. The van der Waals surface area contributed by atoms with Gasteiger partial charge in [0, 0.05) is 38.2 Å². The number of benzene rings is 10. The molecule has 13 aromatic rings. The minimum absolute atomic E-state index is 0.552. The van der Waals surface area contributed by atoms with Crippen molar-refractivity contribution in [1.82, 2.24) is 24.1 Å². The van der Waals surface area contributed by atoms with Crippen molar-refractivity contribution in [2.24, 2.45) is 0 Å². The van der Waals surface area contributed by atoms with Gasteiger partial charge in [-0.25, -0.2) is 4.98 Å². The van der Waals surface area contributed by atoms with Gasteiger partial charge in [0.05, 0.1) is 27.8 Å². The first-order valence-corrected chi connectivity index (χ1v) is 23.0. The number of fused-ring (bicyclic) bond motifs is 7. The molecule has 0 aliphatic heterocycles. The third-order valence-electron chi connectivity index (χ3n) is 13.2. The molecule has 0 N–H and O–H groups in total. The average molecular weight is 868 g/mol. The summed E-state index contributed by atoms with van der Waals surface area (Å²) in [6.45, 7) is 0. The molecule has 0 saturated carbocycles. The van der Waals surface area contributed by atoms with Crippen molar-refractivity contribution in [3.63, 3.8) is 0 Å². The van der Waals surface area contributed by atoms with Gasteiger partial charge in [-0.2, -0.15) is 9.97 Å². The molecular formula is C63H41N5. The van der Waals surface area contributed by atoms with Crippen LogP contribution in [0.25, 0.3) is 123 Å². The zero-order chi connectivity index (χ0) is 45.0. The predicted octanol–water partition coefficient (Wildman–Crippen LogP) is 16.1. The van der Waals surface area contributed by atoms with Crippen molar-refractivity contribution < 1.29 is 0 Å². The summed E-state index contributed by atoms with van der Waals surface area (Å²) < 4.78 is 4.71. The van der Waals surface area contributed by atoms with Gasteiger partial charge in [0.15, 0.2) is 11.6 Å². The van der Waals surface area contributed by atoms with E-state index in [-0.39, 0.29) is 0 Å². The molecule has 68 heavy (non-hydrogen) atoms. The Morgan fingerprint density at radius 1 is 0.265 bits per heavy atom. The predicted molar refractivity (Wildman–Crippen MR) is 281 cm³/mol. The van der Waals surface area contributed by atoms with Crippen molar-refractivity contribution >= 4 is 43.6 Å². The van der Waals surface area contributed by atoms with E-state index in [0.717, 1.165) is 71.9 Å². The number of para-hydroxylation sites is 2. The molecule has 0 radical (unpaired) electrons. The lowest BCUT2D eigenvalue weighted by atomic mass is 9.97. The number of hydrogen-bond donors (Lipinski definition) is 0. The van der Waals surface area contributed by atoms with Gasteiger partial charge in [-0.05, 0) is 81.4 Å². The van der Waals surface area contributed by atoms with E-state index in [9.17, 15) is 0 Å². The van der Waals surface area contributed by atoms with Crippen LogP contribution in [0.4, 0.5) is 0 Å². The molecule has 5 nitrogen and oxygen atoms in total. The first kappa shape index (κ1) is 39.2. The van der Waals surface area contributed by atoms with Gasteiger partial charge < -0.3 is 4.57 Å². The van der Waals surface area contributed by atoms with E-state index in [1.807, 2.05) is 18.2 Å². The molecule has 13 rings (SSSR count). The third kappa shape index (κ3) is 6.68. The van der Waals surface area contributed by atoms with Gasteiger partial charge in [0.1, 0.15) is 0 Å². The van der Waals surface area contributed by atoms with E-state index in [4.69, 9.17) is 15.0 Å². The van der Waals surface area contributed by atoms with E-state index in [1.54, 1.807) is 0 Å². The van der Waals surface area contributed by atoms with E-state index in [1.165, 1.54) is 33.0 Å². The monoisotopic (exact) mass is 867 g/mol. The summed E-state index contributed by atoms with van der Waals surface area (Å²) in [6, 6.07) is 88.2. The van der Waals surface area contributed by atoms with Crippen LogP contribution in [0.15, 0.2) is 249 Å². The van der Waals surface area contributed by atoms with Crippen LogP contribution in [-0.4, -0.2) is 24.1 Å². The van der Waals surface area contributed by atoms with E-state index < -0.39 is 0 Å². The molecule has 0 spiro atoms. The topological polar surface area (TPSA) is 48.5 Å². The Labute approximate surface area is 393 Å². The molecule has 0 saturated heterocycles. The summed E-state index contributed by atoms with van der Waals surface area (Å²) in [7, 11) is 0. The van der Waals surface area contributed by atoms with Gasteiger partial charge >= 0.3 is 0 Å². The maximum Gasteiger partial charge on any atom is 0.238 e. The molecule has 0 unspecified atom stereocenters. The fourth-order valence-corrected chi connectivity index (χ4v) is 10.0. The second kappa shape index (κ2) is 16.4. The highest BCUT2D eigenvalue weighted by molar-refractivity contribution is 6.26. The van der Waals surface area contributed by atoms with Crippen LogP contribution in [0, 0.1) is 0 Å². The van der Waals surface area contributed by atoms with E-state index in [2.05, 4.69) is 240 Å². The molecule has 3 aromatic heterocycles. The molecule has 10 aromatic carbocycles. The lowest BCUT2D eigenvalue weighted by Crippen LogP contribution is -2.06. The zero-order valence-electron chi connectivity index (χ0n) is 36.9. The van der Waals surface area contributed by atoms with Crippen molar-refractivity contribution in [1.29, 1.82) is 0 Å². The maximum absolute atomic E-state index is 5.40. The molecule has 0 aliphatic rings. The fraction of sp³-hybridized carbons (Fsp3) is 0. The highest BCUT2D eigenvalue weighted by Gasteiger charge is 2.24. The quantitative estimate of drug-likeness (QED) is 0.153. The van der Waals surface area contributed by atoms with Crippen LogP contribution >= 0.6 is 0 Å². The minimum atomic E-state index is 0.552. The summed E-state index contributed by atoms with van der Waals surface area (Å²) >= 11 is 0. The van der Waals surface area contributed by atoms with E-state index >= 15 is 0 Å². The number of hydrogen-bond acceptors (Lipinski definition) is 3. The molecule has 0 aliphatic carbocycles. The summed E-state index contributed by atoms with van der Waals surface area (Å²) in [6.07, 6.45) is 0. The number of nitrogens with zero attached hydrogens (tertiary/aromatic N) is 5. The maximum atomic E-state index is 5.40. The molecule has 3 heterocycles. The van der Waals surface area contributed by atoms with Crippen LogP contribution in [0.5, 0.6) is 0 Å². The van der Waals surface area contributed by atoms with E-state index in [0.29, 0.717) is 17.6 Å². The van der Waals surface area contributed by atoms with Gasteiger partial charge in [0.2, 0.25) is 5.95 Å². The van der Waals surface area contributed by atoms with Crippen LogP contribution in [0.1, 0.15) is 0 Å². The van der Waals surface area contributed by atoms with Gasteiger partial charge in [0.25, 0.3) is 0 Å². The summed E-state index contributed by atoms with van der Waals surface area (Å²) in [4.78, 5) is 15.9. The number of rotatable bonds is 8. The van der Waals surface area contributed by atoms with Gasteiger partial charge in [-0.3, -0.25) is 4.57 Å². The van der Waals surface area contributed by atoms with Crippen LogP contribution in [0.3, 0.4) is 0 Å². The first-order chi connectivity index (χ1) is 33.7. The molecule has 0 fully saturated rings. The highest BCUT2D eigenvalue weighted by atomic mass is 15.2. The lowest BCUT2D eigenvalue weighted by Gasteiger charge is -2.17. The Bertz CT molecular complexity index is 4010. The smallest absolute Gasteiger partial charge is 0.238 e. The van der Waals surface area contributed by atoms with Crippen LogP contribution in [0.2, 0.25) is 0 Å². The first-order valence-electron chi connectivity index (χ1n) is 23.0. The molecular weight excluding hydrogens is 827 g/mol. The Kier molecular flexibility index (Phi) is 9.43. The summed E-state index contributed by atoms with van der Waals surface area (Å²) in [5.74, 6) is 1.76. The second-order valence-corrected chi connectivity index (χ2v) is 17.2. The fourth-order valence-electron chi connectivity index (χ4n) is 10.0. The van der Waals surface area contributed by atoms with Gasteiger partial charge in [-0.15, -0.1) is 0 Å². The summed E-state index contributed by atoms with van der Waals surface area (Å²) in [5.41, 5.74) is 16.4. The van der Waals surface area contributed by atoms with Gasteiger partial charge in [-0.1, -0.05) is 206 Å². The second-order valence-electron chi connectivity index (χ2n) is 17.2. The third-order valence-corrected chi connectivity index (χ3v) is 13.2. The van der Waals surface area contributed by atoms with Crippen molar-refractivity contribution in [2.45, 2.75) is 0 Å². The molecule has 0 amide bonds. The zero-order valence-corrected chi connectivity index (χ0v) is 36.9. The summed E-state index contributed by atoms with van der Waals surface area (Å²) in [5, 5.41) is 4.61. The number of aromatic nitrogens is 5. The Balaban J connectivity index is 1.06. The van der Waals surface area contributed by atoms with Crippen molar-refractivity contribution in [3.8, 4) is 78.9 Å². The standard InChI is InChI=1S/C63H41N5/c1-5-19-42(20-6-1)46-27-17-28-47(39-46)48-29-18-30-50(40-48)62-64-61(45-25-11-4-12-26-45)65-63(66-62)68-56-34-16-14-32-53(56)59-58(68)38-36-52-51-31-13-15-33-55(51)67(60(52)59)57-37-35-49(43-21-7-2-8-22-43)41-54(57)44-23-9-3-10-24-44/h1-41H. The molecule has 5 heteroatoms. The Morgan fingerprint density at radius 3 is 1.38 bits per heavy atom. The Morgan fingerprint density at radius 2 is 0.735 bits per heavy atom. The largest absolute Gasteiger partial charge is 0.308 e.